The number of hydrazine groups is 1. The van der Waals surface area contributed by atoms with Gasteiger partial charge in [0.15, 0.2) is 0 Å². The summed E-state index contributed by atoms with van der Waals surface area (Å²) in [6.45, 7) is 4.56. The third-order valence-corrected chi connectivity index (χ3v) is 6.78. The Hall–Kier alpha value is -1.18. The van der Waals surface area contributed by atoms with Gasteiger partial charge < -0.3 is 9.80 Å². The van der Waals surface area contributed by atoms with E-state index >= 15 is 0 Å². The summed E-state index contributed by atoms with van der Waals surface area (Å²) < 4.78 is 0. The second-order valence-electron chi connectivity index (χ2n) is 8.81. The van der Waals surface area contributed by atoms with Crippen molar-refractivity contribution in [2.24, 2.45) is 5.41 Å². The molecule has 4 aliphatic rings. The van der Waals surface area contributed by atoms with Crippen LogP contribution in [0, 0.1) is 5.41 Å². The Labute approximate surface area is 156 Å². The lowest BCUT2D eigenvalue weighted by Crippen LogP contribution is -2.57. The van der Waals surface area contributed by atoms with Gasteiger partial charge in [-0.15, -0.1) is 0 Å². The zero-order valence-electron chi connectivity index (χ0n) is 15.9. The molecule has 26 heavy (non-hydrogen) atoms. The van der Waals surface area contributed by atoms with Crippen molar-refractivity contribution >= 4 is 11.8 Å². The van der Waals surface area contributed by atoms with Crippen LogP contribution in [-0.2, 0) is 9.59 Å². The van der Waals surface area contributed by atoms with Crippen molar-refractivity contribution in [3.05, 3.63) is 0 Å². The summed E-state index contributed by atoms with van der Waals surface area (Å²) in [7, 11) is 0. The summed E-state index contributed by atoms with van der Waals surface area (Å²) in [6, 6.07) is 0.449. The van der Waals surface area contributed by atoms with E-state index in [4.69, 9.17) is 0 Å². The van der Waals surface area contributed by atoms with Gasteiger partial charge in [0.1, 0.15) is 0 Å². The average Bonchev–Trinajstić information content (AvgIpc) is 3.29. The first-order valence-corrected chi connectivity index (χ1v) is 10.4. The lowest BCUT2D eigenvalue weighted by molar-refractivity contribution is -0.145. The topological polar surface area (TPSA) is 76.7 Å². The van der Waals surface area contributed by atoms with Crippen molar-refractivity contribution in [2.45, 2.75) is 83.1 Å². The van der Waals surface area contributed by atoms with Crippen LogP contribution in [0.2, 0.25) is 0 Å². The SMILES string of the molecule is CC1NNC(CC(=O)N2CCCC3(CCC(=O)N(C4CCCC4)C3)C2)N1. The van der Waals surface area contributed by atoms with Crippen LogP contribution in [0.4, 0.5) is 0 Å². The molecule has 4 fully saturated rings. The molecule has 1 spiro atoms. The molecule has 0 aromatic carbocycles. The van der Waals surface area contributed by atoms with E-state index in [9.17, 15) is 9.59 Å². The van der Waals surface area contributed by atoms with E-state index in [-0.39, 0.29) is 23.7 Å². The normalized spacial score (nSPS) is 36.3. The minimum Gasteiger partial charge on any atom is -0.342 e. The summed E-state index contributed by atoms with van der Waals surface area (Å²) in [5, 5.41) is 3.32. The minimum atomic E-state index is -0.00158. The van der Waals surface area contributed by atoms with E-state index in [2.05, 4.69) is 26.0 Å². The number of amides is 2. The Balaban J connectivity index is 1.38. The fourth-order valence-corrected chi connectivity index (χ4v) is 5.37. The molecule has 0 aromatic rings. The van der Waals surface area contributed by atoms with E-state index in [0.717, 1.165) is 51.7 Å². The highest BCUT2D eigenvalue weighted by atomic mass is 16.2. The fraction of sp³-hybridized carbons (Fsp3) is 0.895. The van der Waals surface area contributed by atoms with Crippen LogP contribution < -0.4 is 16.2 Å². The van der Waals surface area contributed by atoms with Crippen LogP contribution in [0.3, 0.4) is 0 Å². The number of carbonyl (C=O) groups excluding carboxylic acids is 2. The maximum absolute atomic E-state index is 12.8. The number of nitrogens with zero attached hydrogens (tertiary/aromatic N) is 2. The first-order chi connectivity index (χ1) is 12.5. The monoisotopic (exact) mass is 363 g/mol. The number of hydrogen-bond donors (Lipinski definition) is 3. The number of nitrogens with one attached hydrogen (secondary N) is 3. The lowest BCUT2D eigenvalue weighted by Gasteiger charge is -2.49. The summed E-state index contributed by atoms with van der Waals surface area (Å²) >= 11 is 0. The molecular weight excluding hydrogens is 330 g/mol. The van der Waals surface area contributed by atoms with Gasteiger partial charge in [0.2, 0.25) is 11.8 Å². The summed E-state index contributed by atoms with van der Waals surface area (Å²) in [4.78, 5) is 29.6. The van der Waals surface area contributed by atoms with E-state index in [1.807, 2.05) is 6.92 Å². The van der Waals surface area contributed by atoms with Crippen molar-refractivity contribution in [3.8, 4) is 0 Å². The summed E-state index contributed by atoms with van der Waals surface area (Å²) in [5.74, 6) is 0.555. The molecule has 0 radical (unpaired) electrons. The highest BCUT2D eigenvalue weighted by Gasteiger charge is 2.44. The number of piperidine rings is 2. The Bertz CT molecular complexity index is 550. The van der Waals surface area contributed by atoms with Crippen molar-refractivity contribution in [1.29, 1.82) is 0 Å². The predicted octanol–water partition coefficient (Wildman–Crippen LogP) is 0.920. The van der Waals surface area contributed by atoms with Gasteiger partial charge in [-0.05, 0) is 39.0 Å². The first kappa shape index (κ1) is 18.2. The first-order valence-electron chi connectivity index (χ1n) is 10.4. The van der Waals surface area contributed by atoms with Crippen molar-refractivity contribution in [1.82, 2.24) is 26.0 Å². The van der Waals surface area contributed by atoms with Gasteiger partial charge in [-0.3, -0.25) is 14.9 Å². The summed E-state index contributed by atoms with van der Waals surface area (Å²) in [5.41, 5.74) is 6.35. The van der Waals surface area contributed by atoms with Crippen LogP contribution in [0.25, 0.3) is 0 Å². The minimum absolute atomic E-state index is 0.00158. The number of rotatable bonds is 3. The molecule has 146 valence electrons. The molecule has 1 saturated carbocycles. The Morgan fingerprint density at radius 2 is 1.96 bits per heavy atom. The standard InChI is InChI=1S/C19H33N5O2/c1-14-20-16(22-21-14)11-18(26)23-10-4-8-19(12-23)9-7-17(25)24(13-19)15-5-2-3-6-15/h14-16,20-22H,2-13H2,1H3. The number of hydrogen-bond acceptors (Lipinski definition) is 5. The largest absolute Gasteiger partial charge is 0.342 e. The third-order valence-electron chi connectivity index (χ3n) is 6.78. The summed E-state index contributed by atoms with van der Waals surface area (Å²) in [6.07, 6.45) is 9.28. The van der Waals surface area contributed by atoms with Gasteiger partial charge >= 0.3 is 0 Å². The molecule has 3 saturated heterocycles. The van der Waals surface area contributed by atoms with Crippen LogP contribution in [0.1, 0.15) is 64.7 Å². The van der Waals surface area contributed by atoms with E-state index in [0.29, 0.717) is 24.8 Å². The quantitative estimate of drug-likeness (QED) is 0.695. The molecule has 3 aliphatic heterocycles. The van der Waals surface area contributed by atoms with Crippen LogP contribution in [-0.4, -0.2) is 59.6 Å². The maximum atomic E-state index is 12.8. The van der Waals surface area contributed by atoms with Gasteiger partial charge in [0.25, 0.3) is 0 Å². The van der Waals surface area contributed by atoms with Gasteiger partial charge in [0, 0.05) is 37.5 Å². The number of carbonyl (C=O) groups is 2. The van der Waals surface area contributed by atoms with Gasteiger partial charge in [-0.25, -0.2) is 10.9 Å². The van der Waals surface area contributed by atoms with Crippen LogP contribution >= 0.6 is 0 Å². The van der Waals surface area contributed by atoms with Crippen LogP contribution in [0.5, 0.6) is 0 Å². The average molecular weight is 364 g/mol. The smallest absolute Gasteiger partial charge is 0.225 e. The van der Waals surface area contributed by atoms with Gasteiger partial charge in [-0.1, -0.05) is 12.8 Å². The predicted molar refractivity (Wildman–Crippen MR) is 98.7 cm³/mol. The molecule has 4 rings (SSSR count). The van der Waals surface area contributed by atoms with Crippen LogP contribution in [0.15, 0.2) is 0 Å². The Morgan fingerprint density at radius 3 is 2.69 bits per heavy atom. The second kappa shape index (κ2) is 7.44. The zero-order valence-corrected chi connectivity index (χ0v) is 15.9. The Kier molecular flexibility index (Phi) is 5.21. The molecule has 1 aliphatic carbocycles. The molecule has 0 aromatic heterocycles. The maximum Gasteiger partial charge on any atom is 0.225 e. The lowest BCUT2D eigenvalue weighted by atomic mass is 9.73. The van der Waals surface area contributed by atoms with E-state index in [1.165, 1.54) is 12.8 Å². The Morgan fingerprint density at radius 1 is 1.15 bits per heavy atom. The molecule has 7 nitrogen and oxygen atoms in total. The molecule has 7 heteroatoms. The molecule has 3 heterocycles. The van der Waals surface area contributed by atoms with Crippen molar-refractivity contribution in [2.75, 3.05) is 19.6 Å². The van der Waals surface area contributed by atoms with Crippen molar-refractivity contribution in [3.63, 3.8) is 0 Å². The van der Waals surface area contributed by atoms with Crippen molar-refractivity contribution < 1.29 is 9.59 Å². The number of likely N-dealkylation sites (tertiary alicyclic amines) is 2. The zero-order chi connectivity index (χ0) is 18.1. The van der Waals surface area contributed by atoms with Gasteiger partial charge in [0.05, 0.1) is 18.8 Å². The molecule has 3 unspecified atom stereocenters. The fourth-order valence-electron chi connectivity index (χ4n) is 5.37. The van der Waals surface area contributed by atoms with E-state index in [1.54, 1.807) is 0 Å². The molecule has 0 bridgehead atoms. The highest BCUT2D eigenvalue weighted by molar-refractivity contribution is 5.78. The third kappa shape index (κ3) is 3.75. The second-order valence-corrected chi connectivity index (χ2v) is 8.81. The van der Waals surface area contributed by atoms with E-state index < -0.39 is 0 Å². The molecule has 2 amide bonds. The molecule has 3 atom stereocenters. The molecular formula is C19H33N5O2. The highest BCUT2D eigenvalue weighted by Crippen LogP contribution is 2.41. The molecule has 3 N–H and O–H groups in total. The van der Waals surface area contributed by atoms with Gasteiger partial charge in [-0.2, -0.15) is 0 Å².